The summed E-state index contributed by atoms with van der Waals surface area (Å²) in [6.07, 6.45) is 5.40. The Morgan fingerprint density at radius 3 is 2.43 bits per heavy atom. The van der Waals surface area contributed by atoms with Crippen LogP contribution in [0.1, 0.15) is 31.2 Å². The molecule has 3 rings (SSSR count). The minimum atomic E-state index is 0.183. The summed E-state index contributed by atoms with van der Waals surface area (Å²) in [5.74, 6) is 1.06. The van der Waals surface area contributed by atoms with Crippen molar-refractivity contribution in [1.29, 1.82) is 0 Å². The lowest BCUT2D eigenvalue weighted by Gasteiger charge is -2.33. The fourth-order valence-electron chi connectivity index (χ4n) is 3.62. The van der Waals surface area contributed by atoms with E-state index in [1.54, 1.807) is 6.07 Å². The van der Waals surface area contributed by atoms with Crippen molar-refractivity contribution in [2.24, 2.45) is 5.92 Å². The molecular formula is C17H27N3O. The number of nitrogen functional groups attached to an aromatic ring is 1. The zero-order valence-corrected chi connectivity index (χ0v) is 12.8. The molecule has 0 spiro atoms. The molecule has 2 heterocycles. The Bertz CT molecular complexity index is 463. The predicted molar refractivity (Wildman–Crippen MR) is 86.2 cm³/mol. The van der Waals surface area contributed by atoms with Gasteiger partial charge in [-0.3, -0.25) is 4.90 Å². The average molecular weight is 289 g/mol. The number of nitrogens with two attached hydrogens (primary N) is 1. The number of piperidine rings is 1. The fourth-order valence-corrected chi connectivity index (χ4v) is 3.62. The number of anilines is 1. The highest BCUT2D eigenvalue weighted by atomic mass is 16.3. The third kappa shape index (κ3) is 3.89. The van der Waals surface area contributed by atoms with E-state index in [2.05, 4.69) is 9.80 Å². The fraction of sp³-hybridized carbons (Fsp3) is 0.647. The van der Waals surface area contributed by atoms with E-state index in [0.29, 0.717) is 5.69 Å². The maximum absolute atomic E-state index is 9.48. The van der Waals surface area contributed by atoms with E-state index in [4.69, 9.17) is 5.73 Å². The number of phenolic OH excluding ortho intramolecular Hbond substituents is 1. The summed E-state index contributed by atoms with van der Waals surface area (Å²) in [5.41, 5.74) is 7.45. The van der Waals surface area contributed by atoms with E-state index < -0.39 is 0 Å². The van der Waals surface area contributed by atoms with Crippen LogP contribution in [0.2, 0.25) is 0 Å². The zero-order valence-electron chi connectivity index (χ0n) is 12.8. The smallest absolute Gasteiger partial charge is 0.138 e. The van der Waals surface area contributed by atoms with Gasteiger partial charge in [0, 0.05) is 13.1 Å². The van der Waals surface area contributed by atoms with E-state index in [0.717, 1.165) is 12.5 Å². The molecule has 3 N–H and O–H groups in total. The number of hydrogen-bond acceptors (Lipinski definition) is 4. The molecule has 1 aromatic carbocycles. The molecule has 2 aliphatic heterocycles. The van der Waals surface area contributed by atoms with Crippen LogP contribution in [0.25, 0.3) is 0 Å². The van der Waals surface area contributed by atoms with Crippen LogP contribution in [0.4, 0.5) is 5.69 Å². The summed E-state index contributed by atoms with van der Waals surface area (Å²) in [6, 6.07) is 5.57. The third-order valence-electron chi connectivity index (χ3n) is 4.92. The van der Waals surface area contributed by atoms with Gasteiger partial charge in [0.25, 0.3) is 0 Å². The number of likely N-dealkylation sites (tertiary alicyclic amines) is 2. The summed E-state index contributed by atoms with van der Waals surface area (Å²) in [5, 5.41) is 9.48. The van der Waals surface area contributed by atoms with Crippen LogP contribution >= 0.6 is 0 Å². The first-order valence-electron chi connectivity index (χ1n) is 8.23. The van der Waals surface area contributed by atoms with Gasteiger partial charge in [-0.2, -0.15) is 0 Å². The molecule has 2 saturated heterocycles. The van der Waals surface area contributed by atoms with E-state index >= 15 is 0 Å². The molecule has 0 radical (unpaired) electrons. The van der Waals surface area contributed by atoms with Gasteiger partial charge in [0.2, 0.25) is 0 Å². The van der Waals surface area contributed by atoms with Gasteiger partial charge in [-0.15, -0.1) is 0 Å². The highest BCUT2D eigenvalue weighted by Crippen LogP contribution is 2.24. The van der Waals surface area contributed by atoms with Crippen molar-refractivity contribution in [1.82, 2.24) is 9.80 Å². The van der Waals surface area contributed by atoms with Crippen molar-refractivity contribution < 1.29 is 5.11 Å². The minimum absolute atomic E-state index is 0.183. The number of rotatable bonds is 4. The number of hydrogen-bond donors (Lipinski definition) is 2. The Morgan fingerprint density at radius 2 is 1.76 bits per heavy atom. The second-order valence-electron chi connectivity index (χ2n) is 6.62. The normalized spacial score (nSPS) is 21.9. The highest BCUT2D eigenvalue weighted by molar-refractivity contribution is 5.53. The van der Waals surface area contributed by atoms with Gasteiger partial charge < -0.3 is 15.7 Å². The van der Waals surface area contributed by atoms with Gasteiger partial charge >= 0.3 is 0 Å². The number of aromatic hydroxyl groups is 1. The van der Waals surface area contributed by atoms with Crippen LogP contribution in [0, 0.1) is 5.92 Å². The maximum atomic E-state index is 9.48. The van der Waals surface area contributed by atoms with E-state index in [-0.39, 0.29) is 5.75 Å². The average Bonchev–Trinajstić information content (AvgIpc) is 2.98. The number of benzene rings is 1. The number of phenols is 1. The van der Waals surface area contributed by atoms with Gasteiger partial charge in [-0.1, -0.05) is 6.07 Å². The van der Waals surface area contributed by atoms with Crippen LogP contribution in [-0.4, -0.2) is 47.6 Å². The quantitative estimate of drug-likeness (QED) is 0.659. The van der Waals surface area contributed by atoms with Gasteiger partial charge in [0.1, 0.15) is 5.75 Å². The van der Waals surface area contributed by atoms with Crippen LogP contribution in [0.5, 0.6) is 5.75 Å². The summed E-state index contributed by atoms with van der Waals surface area (Å²) >= 11 is 0. The molecule has 116 valence electrons. The molecule has 1 aromatic rings. The van der Waals surface area contributed by atoms with Gasteiger partial charge in [-0.05, 0) is 75.5 Å². The zero-order chi connectivity index (χ0) is 14.7. The van der Waals surface area contributed by atoms with Crippen molar-refractivity contribution in [3.8, 4) is 5.75 Å². The number of nitrogens with zero attached hydrogens (tertiary/aromatic N) is 2. The van der Waals surface area contributed by atoms with Gasteiger partial charge in [0.05, 0.1) is 5.69 Å². The van der Waals surface area contributed by atoms with E-state index in [9.17, 15) is 5.11 Å². The third-order valence-corrected chi connectivity index (χ3v) is 4.92. The minimum Gasteiger partial charge on any atom is -0.506 e. The monoisotopic (exact) mass is 289 g/mol. The summed E-state index contributed by atoms with van der Waals surface area (Å²) in [6.45, 7) is 7.24. The van der Waals surface area contributed by atoms with Crippen molar-refractivity contribution in [2.45, 2.75) is 32.2 Å². The molecule has 2 aliphatic rings. The summed E-state index contributed by atoms with van der Waals surface area (Å²) < 4.78 is 0. The molecule has 0 aliphatic carbocycles. The molecule has 0 saturated carbocycles. The summed E-state index contributed by atoms with van der Waals surface area (Å²) in [4.78, 5) is 5.15. The van der Waals surface area contributed by atoms with E-state index in [1.807, 2.05) is 12.1 Å². The van der Waals surface area contributed by atoms with Gasteiger partial charge in [0.15, 0.2) is 0 Å². The lowest BCUT2D eigenvalue weighted by Crippen LogP contribution is -2.37. The highest BCUT2D eigenvalue weighted by Gasteiger charge is 2.22. The van der Waals surface area contributed by atoms with Crippen molar-refractivity contribution in [3.63, 3.8) is 0 Å². The molecule has 2 fully saturated rings. The molecule has 21 heavy (non-hydrogen) atoms. The van der Waals surface area contributed by atoms with Crippen LogP contribution in [-0.2, 0) is 6.54 Å². The summed E-state index contributed by atoms with van der Waals surface area (Å²) in [7, 11) is 0. The van der Waals surface area contributed by atoms with Crippen molar-refractivity contribution >= 4 is 5.69 Å². The lowest BCUT2D eigenvalue weighted by atomic mass is 9.96. The molecule has 4 nitrogen and oxygen atoms in total. The predicted octanol–water partition coefficient (Wildman–Crippen LogP) is 2.28. The second kappa shape index (κ2) is 6.67. The molecule has 0 unspecified atom stereocenters. The van der Waals surface area contributed by atoms with Gasteiger partial charge in [-0.25, -0.2) is 0 Å². The molecule has 0 bridgehead atoms. The lowest BCUT2D eigenvalue weighted by molar-refractivity contribution is 0.149. The Hall–Kier alpha value is -1.26. The largest absolute Gasteiger partial charge is 0.506 e. The Labute approximate surface area is 127 Å². The second-order valence-corrected chi connectivity index (χ2v) is 6.62. The topological polar surface area (TPSA) is 52.7 Å². The standard InChI is InChI=1S/C17H27N3O/c18-16-11-15(3-4-17(16)21)13-20-9-5-14(6-10-20)12-19-7-1-2-8-19/h3-4,11,14,21H,1-2,5-10,12-13,18H2. The van der Waals surface area contributed by atoms with Crippen LogP contribution < -0.4 is 5.73 Å². The molecular weight excluding hydrogens is 262 g/mol. The first-order valence-corrected chi connectivity index (χ1v) is 8.23. The van der Waals surface area contributed by atoms with Crippen molar-refractivity contribution in [3.05, 3.63) is 23.8 Å². The first kappa shape index (κ1) is 14.7. The molecule has 0 amide bonds. The van der Waals surface area contributed by atoms with Crippen LogP contribution in [0.15, 0.2) is 18.2 Å². The SMILES string of the molecule is Nc1cc(CN2CCC(CN3CCCC3)CC2)ccc1O. The Morgan fingerprint density at radius 1 is 1.05 bits per heavy atom. The molecule has 4 heteroatoms. The molecule has 0 aromatic heterocycles. The maximum Gasteiger partial charge on any atom is 0.138 e. The molecule has 0 atom stereocenters. The Balaban J connectivity index is 1.45. The van der Waals surface area contributed by atoms with Crippen molar-refractivity contribution in [2.75, 3.05) is 38.5 Å². The first-order chi connectivity index (χ1) is 10.2. The van der Waals surface area contributed by atoms with E-state index in [1.165, 1.54) is 64.0 Å². The Kier molecular flexibility index (Phi) is 4.66. The van der Waals surface area contributed by atoms with Crippen LogP contribution in [0.3, 0.4) is 0 Å².